The van der Waals surface area contributed by atoms with Gasteiger partial charge in [-0.05, 0) is 32.7 Å². The first-order chi connectivity index (χ1) is 11.6. The van der Waals surface area contributed by atoms with Gasteiger partial charge in [0, 0.05) is 19.0 Å². The number of amides is 1. The minimum absolute atomic E-state index is 0.256. The maximum absolute atomic E-state index is 11.5. The van der Waals surface area contributed by atoms with Crippen LogP contribution in [0.15, 0.2) is 0 Å². The first-order valence-electron chi connectivity index (χ1n) is 8.41. The highest BCUT2D eigenvalue weighted by molar-refractivity contribution is 5.82. The molecular formula is C15H23N5O4. The number of carbonyl (C=O) groups excluding carboxylic acids is 1. The Morgan fingerprint density at radius 2 is 2.21 bits per heavy atom. The number of aliphatic carboxylic acids is 1. The molecule has 0 radical (unpaired) electrons. The molecule has 2 atom stereocenters. The van der Waals surface area contributed by atoms with Crippen molar-refractivity contribution >= 4 is 18.0 Å². The second-order valence-electron chi connectivity index (χ2n) is 6.24. The van der Waals surface area contributed by atoms with E-state index in [4.69, 9.17) is 4.74 Å². The number of aromatic nitrogens is 3. The zero-order valence-corrected chi connectivity index (χ0v) is 13.8. The zero-order chi connectivity index (χ0) is 17.1. The Balaban J connectivity index is 1.63. The van der Waals surface area contributed by atoms with Gasteiger partial charge in [-0.3, -0.25) is 15.0 Å². The van der Waals surface area contributed by atoms with Crippen LogP contribution in [-0.4, -0.2) is 62.6 Å². The average Bonchev–Trinajstić information content (AvgIpc) is 2.96. The molecule has 9 heteroatoms. The van der Waals surface area contributed by atoms with Crippen molar-refractivity contribution in [3.8, 4) is 0 Å². The Bertz CT molecular complexity index is 617. The van der Waals surface area contributed by atoms with Crippen LogP contribution in [0, 0.1) is 5.92 Å². The average molecular weight is 337 g/mol. The number of rotatable bonds is 4. The summed E-state index contributed by atoms with van der Waals surface area (Å²) in [5, 5.41) is 16.1. The molecule has 0 saturated carbocycles. The van der Waals surface area contributed by atoms with Crippen LogP contribution in [0.5, 0.6) is 0 Å². The van der Waals surface area contributed by atoms with E-state index < -0.39 is 12.1 Å². The van der Waals surface area contributed by atoms with Crippen LogP contribution in [0.2, 0.25) is 0 Å². The summed E-state index contributed by atoms with van der Waals surface area (Å²) < 4.78 is 6.63. The monoisotopic (exact) mass is 337 g/mol. The number of hydrogen-bond acceptors (Lipinski definition) is 6. The van der Waals surface area contributed by atoms with Gasteiger partial charge in [0.2, 0.25) is 0 Å². The van der Waals surface area contributed by atoms with Gasteiger partial charge in [-0.25, -0.2) is 9.48 Å². The quantitative estimate of drug-likeness (QED) is 0.842. The van der Waals surface area contributed by atoms with E-state index in [-0.39, 0.29) is 17.9 Å². The zero-order valence-electron chi connectivity index (χ0n) is 13.8. The Morgan fingerprint density at radius 1 is 1.38 bits per heavy atom. The van der Waals surface area contributed by atoms with Crippen LogP contribution in [0.25, 0.3) is 0 Å². The van der Waals surface area contributed by atoms with Crippen LogP contribution in [-0.2, 0) is 22.5 Å². The van der Waals surface area contributed by atoms with E-state index in [0.717, 1.165) is 38.1 Å². The molecule has 1 fully saturated rings. The van der Waals surface area contributed by atoms with Gasteiger partial charge in [0.05, 0.1) is 19.1 Å². The predicted octanol–water partition coefficient (Wildman–Crippen LogP) is 0.958. The highest BCUT2D eigenvalue weighted by Gasteiger charge is 2.32. The number of carboxylic acids is 1. The lowest BCUT2D eigenvalue weighted by Gasteiger charge is -2.38. The molecule has 0 bridgehead atoms. The van der Waals surface area contributed by atoms with Gasteiger partial charge < -0.3 is 9.84 Å². The van der Waals surface area contributed by atoms with Crippen LogP contribution in [0.3, 0.4) is 0 Å². The largest absolute Gasteiger partial charge is 0.481 e. The molecule has 1 saturated heterocycles. The predicted molar refractivity (Wildman–Crippen MR) is 84.7 cm³/mol. The van der Waals surface area contributed by atoms with Gasteiger partial charge >= 0.3 is 12.1 Å². The molecule has 2 aliphatic rings. The van der Waals surface area contributed by atoms with Crippen LogP contribution in [0.1, 0.15) is 32.0 Å². The number of likely N-dealkylation sites (tertiary alicyclic amines) is 1. The normalized spacial score (nSPS) is 24.2. The molecule has 1 aromatic heterocycles. The lowest BCUT2D eigenvalue weighted by Crippen LogP contribution is -2.48. The molecule has 0 spiro atoms. The molecule has 1 aromatic rings. The van der Waals surface area contributed by atoms with Gasteiger partial charge in [-0.2, -0.15) is 4.98 Å². The maximum Gasteiger partial charge on any atom is 0.414 e. The summed E-state index contributed by atoms with van der Waals surface area (Å²) in [4.78, 5) is 29.3. The number of hydrogen-bond donors (Lipinski definition) is 2. The molecule has 3 rings (SSSR count). The second-order valence-corrected chi connectivity index (χ2v) is 6.24. The summed E-state index contributed by atoms with van der Waals surface area (Å²) in [5.41, 5.74) is 0. The Kier molecular flexibility index (Phi) is 4.98. The van der Waals surface area contributed by atoms with Crippen LogP contribution < -0.4 is 5.32 Å². The first kappa shape index (κ1) is 16.7. The summed E-state index contributed by atoms with van der Waals surface area (Å²) in [6, 6.07) is 0.261. The topological polar surface area (TPSA) is 110 Å². The number of carbonyl (C=O) groups is 2. The van der Waals surface area contributed by atoms with E-state index in [1.165, 1.54) is 0 Å². The van der Waals surface area contributed by atoms with Crippen molar-refractivity contribution in [1.82, 2.24) is 19.7 Å². The van der Waals surface area contributed by atoms with E-state index in [2.05, 4.69) is 20.3 Å². The van der Waals surface area contributed by atoms with E-state index in [1.807, 2.05) is 0 Å². The smallest absolute Gasteiger partial charge is 0.414 e. The van der Waals surface area contributed by atoms with Gasteiger partial charge in [-0.15, -0.1) is 5.10 Å². The SMILES string of the molecule is CCOC(=O)Nc1nc2n(n1)CC(N1CCCC(C(=O)O)C1)CC2. The molecular weight excluding hydrogens is 314 g/mol. The van der Waals surface area contributed by atoms with Crippen molar-refractivity contribution < 1.29 is 19.4 Å². The third-order valence-corrected chi connectivity index (χ3v) is 4.64. The van der Waals surface area contributed by atoms with Crippen molar-refractivity contribution in [3.63, 3.8) is 0 Å². The van der Waals surface area contributed by atoms with E-state index in [1.54, 1.807) is 11.6 Å². The number of piperidine rings is 1. The Labute approximate surface area is 140 Å². The number of ether oxygens (including phenoxy) is 1. The lowest BCUT2D eigenvalue weighted by molar-refractivity contribution is -0.144. The first-order valence-corrected chi connectivity index (χ1v) is 8.41. The number of anilines is 1. The van der Waals surface area contributed by atoms with E-state index >= 15 is 0 Å². The molecule has 2 N–H and O–H groups in total. The van der Waals surface area contributed by atoms with Crippen molar-refractivity contribution in [3.05, 3.63) is 5.82 Å². The molecule has 2 aliphatic heterocycles. The molecule has 2 unspecified atom stereocenters. The molecule has 24 heavy (non-hydrogen) atoms. The fourth-order valence-electron chi connectivity index (χ4n) is 3.44. The molecule has 3 heterocycles. The summed E-state index contributed by atoms with van der Waals surface area (Å²) in [6.45, 7) is 4.21. The molecule has 132 valence electrons. The standard InChI is InChI=1S/C15H23N5O4/c1-2-24-15(23)17-14-16-12-6-5-11(9-20(12)18-14)19-7-3-4-10(8-19)13(21)22/h10-11H,2-9H2,1H3,(H,21,22)(H,17,18,23). The van der Waals surface area contributed by atoms with Crippen LogP contribution in [0.4, 0.5) is 10.7 Å². The van der Waals surface area contributed by atoms with Crippen LogP contribution >= 0.6 is 0 Å². The summed E-state index contributed by atoms with van der Waals surface area (Å²) in [6.07, 6.45) is 2.78. The van der Waals surface area contributed by atoms with Crippen molar-refractivity contribution in [2.75, 3.05) is 25.0 Å². The molecule has 9 nitrogen and oxygen atoms in total. The van der Waals surface area contributed by atoms with Crippen molar-refractivity contribution in [1.29, 1.82) is 0 Å². The van der Waals surface area contributed by atoms with Crippen molar-refractivity contribution in [2.24, 2.45) is 5.92 Å². The fourth-order valence-corrected chi connectivity index (χ4v) is 3.44. The number of fused-ring (bicyclic) bond motifs is 1. The molecule has 0 aliphatic carbocycles. The van der Waals surface area contributed by atoms with E-state index in [0.29, 0.717) is 19.7 Å². The Morgan fingerprint density at radius 3 is 2.96 bits per heavy atom. The van der Waals surface area contributed by atoms with Crippen molar-refractivity contribution in [2.45, 2.75) is 45.2 Å². The Hall–Kier alpha value is -2.16. The summed E-state index contributed by atoms with van der Waals surface area (Å²) in [7, 11) is 0. The number of nitrogens with one attached hydrogen (secondary N) is 1. The lowest BCUT2D eigenvalue weighted by atomic mass is 9.95. The summed E-state index contributed by atoms with van der Waals surface area (Å²) in [5.74, 6) is 0.103. The molecule has 0 aromatic carbocycles. The summed E-state index contributed by atoms with van der Waals surface area (Å²) >= 11 is 0. The van der Waals surface area contributed by atoms with Gasteiger partial charge in [-0.1, -0.05) is 0 Å². The van der Waals surface area contributed by atoms with Gasteiger partial charge in [0.15, 0.2) is 0 Å². The number of carboxylic acid groups (broad SMARTS) is 1. The molecule has 1 amide bonds. The number of aryl methyl sites for hydroxylation is 1. The second kappa shape index (κ2) is 7.16. The third kappa shape index (κ3) is 3.66. The minimum atomic E-state index is -0.710. The highest BCUT2D eigenvalue weighted by Crippen LogP contribution is 2.24. The van der Waals surface area contributed by atoms with E-state index in [9.17, 15) is 14.7 Å². The third-order valence-electron chi connectivity index (χ3n) is 4.64. The number of nitrogens with zero attached hydrogens (tertiary/aromatic N) is 4. The van der Waals surface area contributed by atoms with Gasteiger partial charge in [0.25, 0.3) is 5.95 Å². The minimum Gasteiger partial charge on any atom is -0.481 e. The highest BCUT2D eigenvalue weighted by atomic mass is 16.5. The maximum atomic E-state index is 11.5. The fraction of sp³-hybridized carbons (Fsp3) is 0.733. The van der Waals surface area contributed by atoms with Gasteiger partial charge in [0.1, 0.15) is 5.82 Å².